The van der Waals surface area contributed by atoms with Crippen molar-refractivity contribution < 1.29 is 17.9 Å². The molecule has 1 unspecified atom stereocenters. The SMILES string of the molecule is COC(=O)CCc1ccc(C2CS(=O)(=O)NN2)cc1. The van der Waals surface area contributed by atoms with Crippen molar-refractivity contribution >= 4 is 16.0 Å². The van der Waals surface area contributed by atoms with Gasteiger partial charge in [-0.15, -0.1) is 0 Å². The Morgan fingerprint density at radius 1 is 1.37 bits per heavy atom. The zero-order chi connectivity index (χ0) is 13.9. The molecule has 1 heterocycles. The summed E-state index contributed by atoms with van der Waals surface area (Å²) in [6, 6.07) is 7.29. The largest absolute Gasteiger partial charge is 0.469 e. The van der Waals surface area contributed by atoms with E-state index >= 15 is 0 Å². The minimum Gasteiger partial charge on any atom is -0.469 e. The Labute approximate surface area is 112 Å². The number of carbonyl (C=O) groups is 1. The van der Waals surface area contributed by atoms with Crippen molar-refractivity contribution in [3.05, 3.63) is 35.4 Å². The van der Waals surface area contributed by atoms with Gasteiger partial charge in [-0.25, -0.2) is 13.8 Å². The molecule has 1 aromatic rings. The Kier molecular flexibility index (Phi) is 4.18. The summed E-state index contributed by atoms with van der Waals surface area (Å²) >= 11 is 0. The molecule has 1 aliphatic rings. The van der Waals surface area contributed by atoms with E-state index in [9.17, 15) is 13.2 Å². The topological polar surface area (TPSA) is 84.5 Å². The van der Waals surface area contributed by atoms with Gasteiger partial charge < -0.3 is 4.74 Å². The van der Waals surface area contributed by atoms with E-state index in [0.29, 0.717) is 12.8 Å². The van der Waals surface area contributed by atoms with E-state index in [1.54, 1.807) is 0 Å². The number of hydrogen-bond donors (Lipinski definition) is 2. The van der Waals surface area contributed by atoms with Crippen LogP contribution < -0.4 is 10.3 Å². The Morgan fingerprint density at radius 2 is 2.05 bits per heavy atom. The fourth-order valence-electron chi connectivity index (χ4n) is 1.91. The third-order valence-corrected chi connectivity index (χ3v) is 4.20. The van der Waals surface area contributed by atoms with Crippen molar-refractivity contribution in [2.75, 3.05) is 12.9 Å². The summed E-state index contributed by atoms with van der Waals surface area (Å²) in [4.78, 5) is 13.3. The van der Waals surface area contributed by atoms with Crippen LogP contribution in [0.15, 0.2) is 24.3 Å². The number of hydrogen-bond acceptors (Lipinski definition) is 5. The molecule has 0 aromatic heterocycles. The monoisotopic (exact) mass is 284 g/mol. The van der Waals surface area contributed by atoms with Crippen LogP contribution in [0.2, 0.25) is 0 Å². The van der Waals surface area contributed by atoms with Gasteiger partial charge in [0.15, 0.2) is 0 Å². The van der Waals surface area contributed by atoms with Crippen LogP contribution in [-0.2, 0) is 26.0 Å². The maximum absolute atomic E-state index is 11.3. The van der Waals surface area contributed by atoms with Gasteiger partial charge in [-0.2, -0.15) is 4.83 Å². The van der Waals surface area contributed by atoms with Crippen molar-refractivity contribution in [1.82, 2.24) is 10.3 Å². The van der Waals surface area contributed by atoms with E-state index < -0.39 is 10.0 Å². The second-order valence-corrected chi connectivity index (χ2v) is 6.17. The predicted molar refractivity (Wildman–Crippen MR) is 69.6 cm³/mol. The van der Waals surface area contributed by atoms with Crippen LogP contribution in [0, 0.1) is 0 Å². The number of esters is 1. The molecule has 1 aromatic carbocycles. The minimum absolute atomic E-state index is 0.0362. The van der Waals surface area contributed by atoms with Crippen LogP contribution >= 0.6 is 0 Å². The zero-order valence-corrected chi connectivity index (χ0v) is 11.4. The molecule has 1 fully saturated rings. The van der Waals surface area contributed by atoms with Gasteiger partial charge in [-0.1, -0.05) is 24.3 Å². The number of carbonyl (C=O) groups excluding carboxylic acids is 1. The quantitative estimate of drug-likeness (QED) is 0.775. The first-order chi connectivity index (χ1) is 9.00. The minimum atomic E-state index is -3.20. The highest BCUT2D eigenvalue weighted by Crippen LogP contribution is 2.19. The lowest BCUT2D eigenvalue weighted by Gasteiger charge is -2.09. The smallest absolute Gasteiger partial charge is 0.305 e. The molecule has 1 saturated heterocycles. The predicted octanol–water partition coefficient (Wildman–Crippen LogP) is 0.271. The number of methoxy groups -OCH3 is 1. The normalized spacial score (nSPS) is 21.2. The lowest BCUT2D eigenvalue weighted by molar-refractivity contribution is -0.140. The van der Waals surface area contributed by atoms with E-state index in [1.165, 1.54) is 7.11 Å². The highest BCUT2D eigenvalue weighted by molar-refractivity contribution is 7.89. The summed E-state index contributed by atoms with van der Waals surface area (Å²) in [6.45, 7) is 0. The number of nitrogens with one attached hydrogen (secondary N) is 2. The molecule has 19 heavy (non-hydrogen) atoms. The van der Waals surface area contributed by atoms with Gasteiger partial charge in [0, 0.05) is 6.42 Å². The first kappa shape index (κ1) is 14.0. The van der Waals surface area contributed by atoms with Crippen LogP contribution in [0.5, 0.6) is 0 Å². The summed E-state index contributed by atoms with van der Waals surface area (Å²) in [6.07, 6.45) is 0.953. The van der Waals surface area contributed by atoms with Crippen LogP contribution in [0.1, 0.15) is 23.6 Å². The summed E-state index contributed by atoms with van der Waals surface area (Å²) in [5.41, 5.74) is 4.65. The molecule has 1 aliphatic heterocycles. The molecule has 0 amide bonds. The fraction of sp³-hybridized carbons (Fsp3) is 0.417. The number of aryl methyl sites for hydroxylation is 1. The van der Waals surface area contributed by atoms with Gasteiger partial charge in [0.1, 0.15) is 0 Å². The number of rotatable bonds is 4. The van der Waals surface area contributed by atoms with E-state index in [0.717, 1.165) is 11.1 Å². The van der Waals surface area contributed by atoms with Gasteiger partial charge in [0.05, 0.1) is 18.9 Å². The van der Waals surface area contributed by atoms with Crippen molar-refractivity contribution in [3.63, 3.8) is 0 Å². The second kappa shape index (κ2) is 5.68. The first-order valence-electron chi connectivity index (χ1n) is 5.91. The molecular formula is C12H16N2O4S. The molecule has 7 heteroatoms. The van der Waals surface area contributed by atoms with Crippen molar-refractivity contribution in [2.24, 2.45) is 0 Å². The molecule has 0 saturated carbocycles. The Morgan fingerprint density at radius 3 is 2.58 bits per heavy atom. The molecular weight excluding hydrogens is 268 g/mol. The Bertz CT molecular complexity index is 554. The number of hydrazine groups is 1. The second-order valence-electron chi connectivity index (χ2n) is 4.40. The van der Waals surface area contributed by atoms with Gasteiger partial charge in [-0.3, -0.25) is 4.79 Å². The highest BCUT2D eigenvalue weighted by atomic mass is 32.2. The molecule has 1 atom stereocenters. The lowest BCUT2D eigenvalue weighted by atomic mass is 10.0. The van der Waals surface area contributed by atoms with Gasteiger partial charge in [0.2, 0.25) is 10.0 Å². The van der Waals surface area contributed by atoms with E-state index in [-0.39, 0.29) is 17.8 Å². The molecule has 104 valence electrons. The summed E-state index contributed by atoms with van der Waals surface area (Å²) in [7, 11) is -1.84. The first-order valence-corrected chi connectivity index (χ1v) is 7.56. The van der Waals surface area contributed by atoms with E-state index in [2.05, 4.69) is 15.0 Å². The van der Waals surface area contributed by atoms with Crippen LogP contribution in [-0.4, -0.2) is 27.2 Å². The number of ether oxygens (including phenoxy) is 1. The van der Waals surface area contributed by atoms with Gasteiger partial charge in [0.25, 0.3) is 0 Å². The van der Waals surface area contributed by atoms with Crippen molar-refractivity contribution in [1.29, 1.82) is 0 Å². The maximum atomic E-state index is 11.3. The molecule has 2 N–H and O–H groups in total. The van der Waals surface area contributed by atoms with Crippen LogP contribution in [0.4, 0.5) is 0 Å². The van der Waals surface area contributed by atoms with E-state index in [1.807, 2.05) is 24.3 Å². The van der Waals surface area contributed by atoms with Crippen molar-refractivity contribution in [3.8, 4) is 0 Å². The average Bonchev–Trinajstić information content (AvgIpc) is 2.77. The number of sulfonamides is 1. The molecule has 2 rings (SSSR count). The fourth-order valence-corrected chi connectivity index (χ4v) is 3.03. The van der Waals surface area contributed by atoms with Gasteiger partial charge >= 0.3 is 5.97 Å². The zero-order valence-electron chi connectivity index (χ0n) is 10.5. The molecule has 6 nitrogen and oxygen atoms in total. The van der Waals surface area contributed by atoms with Crippen LogP contribution in [0.3, 0.4) is 0 Å². The Hall–Kier alpha value is -1.44. The average molecular weight is 284 g/mol. The van der Waals surface area contributed by atoms with Crippen LogP contribution in [0.25, 0.3) is 0 Å². The van der Waals surface area contributed by atoms with E-state index in [4.69, 9.17) is 0 Å². The highest BCUT2D eigenvalue weighted by Gasteiger charge is 2.27. The van der Waals surface area contributed by atoms with Gasteiger partial charge in [-0.05, 0) is 17.5 Å². The molecule has 0 spiro atoms. The molecule has 0 radical (unpaired) electrons. The Balaban J connectivity index is 1.97. The third-order valence-electron chi connectivity index (χ3n) is 3.00. The maximum Gasteiger partial charge on any atom is 0.305 e. The lowest BCUT2D eigenvalue weighted by Crippen LogP contribution is -2.27. The standard InChI is InChI=1S/C12H16N2O4S/c1-18-12(15)7-4-9-2-5-10(6-3-9)11-8-19(16,17)14-13-11/h2-3,5-6,11,13-14H,4,7-8H2,1H3. The number of benzene rings is 1. The summed E-state index contributed by atoms with van der Waals surface area (Å²) in [5, 5.41) is 0. The summed E-state index contributed by atoms with van der Waals surface area (Å²) in [5.74, 6) is -0.203. The molecule has 0 aliphatic carbocycles. The summed E-state index contributed by atoms with van der Waals surface area (Å²) < 4.78 is 27.1. The van der Waals surface area contributed by atoms with Crippen molar-refractivity contribution in [2.45, 2.75) is 18.9 Å². The third kappa shape index (κ3) is 3.76. The molecule has 0 bridgehead atoms.